The molecule has 0 amide bonds. The van der Waals surface area contributed by atoms with Gasteiger partial charge in [0.2, 0.25) is 11.0 Å². The van der Waals surface area contributed by atoms with Gasteiger partial charge in [0, 0.05) is 0 Å². The molecule has 276 valence electrons. The van der Waals surface area contributed by atoms with Crippen molar-refractivity contribution in [2.24, 2.45) is 10.5 Å². The molecule has 0 radical (unpaired) electrons. The largest absolute Gasteiger partial charge is 0.465 e. The molecule has 9 nitrogen and oxygen atoms in total. The van der Waals surface area contributed by atoms with Gasteiger partial charge in [0.25, 0.3) is 0 Å². The summed E-state index contributed by atoms with van der Waals surface area (Å²) in [5.41, 5.74) is 0.0536. The monoisotopic (exact) mass is 738 g/mol. The molecule has 6 aromatic rings. The Balaban J connectivity index is 1.51. The number of carbonyl (C=O) groups excluding carboxylic acids is 3. The number of ketones is 1. The topological polar surface area (TPSA) is 101 Å². The second-order valence-corrected chi connectivity index (χ2v) is 14.6. The van der Waals surface area contributed by atoms with E-state index >= 15 is 14.4 Å². The smallest absolute Gasteiger partial charge is 0.342 e. The van der Waals surface area contributed by atoms with Crippen molar-refractivity contribution < 1.29 is 23.9 Å². The first-order valence-electron chi connectivity index (χ1n) is 19.1. The number of hydrazine groups is 1. The first-order valence-corrected chi connectivity index (χ1v) is 19.1. The Labute approximate surface area is 324 Å². The lowest BCUT2D eigenvalue weighted by Gasteiger charge is -2.52. The van der Waals surface area contributed by atoms with Gasteiger partial charge in [0.15, 0.2) is 5.78 Å². The lowest BCUT2D eigenvalue weighted by Crippen LogP contribution is -2.69. The van der Waals surface area contributed by atoms with Crippen molar-refractivity contribution in [1.82, 2.24) is 5.43 Å². The zero-order valence-electron chi connectivity index (χ0n) is 30.9. The predicted octanol–water partition coefficient (Wildman–Crippen LogP) is 7.41. The predicted molar refractivity (Wildman–Crippen MR) is 214 cm³/mol. The number of benzene rings is 6. The molecular weight excluding hydrogens is 701 g/mol. The zero-order valence-corrected chi connectivity index (χ0v) is 30.9. The van der Waals surface area contributed by atoms with E-state index in [0.717, 1.165) is 21.9 Å². The fourth-order valence-electron chi connectivity index (χ4n) is 10.8. The van der Waals surface area contributed by atoms with Crippen LogP contribution in [0.4, 0.5) is 11.4 Å². The highest BCUT2D eigenvalue weighted by atomic mass is 16.5. The Kier molecular flexibility index (Phi) is 7.40. The van der Waals surface area contributed by atoms with Crippen LogP contribution in [0.3, 0.4) is 0 Å². The Morgan fingerprint density at radius 3 is 1.84 bits per heavy atom. The standard InChI is InChI=1S/C47H38N4O5/c1-3-55-42(53)44-39(32-19-9-5-10-20-32)48-51(35-27-15-8-16-28-35)47(44)37-30-18-24-31-23-17-29-36(38(31)37)45(47)40(33-21-11-6-12-22-33)49-50(34-25-13-7-14-26-34)46(45,41(44)52)43(54)56-4-2/h5-30,40,49H,3-4H2,1-2H3. The Bertz CT molecular complexity index is 2550. The number of hydrogen-bond acceptors (Lipinski definition) is 9. The van der Waals surface area contributed by atoms with Gasteiger partial charge in [-0.2, -0.15) is 5.10 Å². The quantitative estimate of drug-likeness (QED) is 0.127. The normalized spacial score (nSPS) is 26.8. The lowest BCUT2D eigenvalue weighted by molar-refractivity contribution is -0.159. The molecule has 5 atom stereocenters. The van der Waals surface area contributed by atoms with Crippen molar-refractivity contribution >= 4 is 45.6 Å². The fourth-order valence-corrected chi connectivity index (χ4v) is 10.8. The number of esters is 2. The van der Waals surface area contributed by atoms with Crippen LogP contribution >= 0.6 is 0 Å². The highest BCUT2D eigenvalue weighted by molar-refractivity contribution is 6.41. The second kappa shape index (κ2) is 12.2. The molecule has 4 aliphatic rings. The van der Waals surface area contributed by atoms with E-state index in [2.05, 4.69) is 5.43 Å². The van der Waals surface area contributed by atoms with Crippen molar-refractivity contribution in [3.05, 3.63) is 180 Å². The molecule has 0 bridgehead atoms. The summed E-state index contributed by atoms with van der Waals surface area (Å²) in [7, 11) is 0. The van der Waals surface area contributed by atoms with Gasteiger partial charge in [-0.05, 0) is 71.1 Å². The number of ether oxygens (including phenoxy) is 2. The maximum Gasteiger partial charge on any atom is 0.342 e. The first-order chi connectivity index (χ1) is 27.5. The number of carbonyl (C=O) groups is 3. The van der Waals surface area contributed by atoms with Gasteiger partial charge < -0.3 is 9.47 Å². The molecule has 9 heteroatoms. The van der Waals surface area contributed by atoms with E-state index < -0.39 is 45.7 Å². The molecule has 1 saturated carbocycles. The van der Waals surface area contributed by atoms with Crippen LogP contribution in [0.25, 0.3) is 10.8 Å². The molecule has 56 heavy (non-hydrogen) atoms. The van der Waals surface area contributed by atoms with Gasteiger partial charge in [0.05, 0.1) is 41.8 Å². The number of hydrazone groups is 1. The molecule has 2 aliphatic heterocycles. The van der Waals surface area contributed by atoms with E-state index in [-0.39, 0.29) is 18.9 Å². The third-order valence-electron chi connectivity index (χ3n) is 12.3. The molecular formula is C47H38N4O5. The van der Waals surface area contributed by atoms with Crippen molar-refractivity contribution in [1.29, 1.82) is 0 Å². The minimum absolute atomic E-state index is 0.0127. The van der Waals surface area contributed by atoms with Crippen LogP contribution in [-0.2, 0) is 34.8 Å². The summed E-state index contributed by atoms with van der Waals surface area (Å²) >= 11 is 0. The number of rotatable bonds is 8. The molecule has 10 rings (SSSR count). The van der Waals surface area contributed by atoms with Crippen molar-refractivity contribution in [3.63, 3.8) is 0 Å². The third kappa shape index (κ3) is 3.69. The lowest BCUT2D eigenvalue weighted by atomic mass is 9.53. The summed E-state index contributed by atoms with van der Waals surface area (Å²) in [5.74, 6) is -2.24. The van der Waals surface area contributed by atoms with Gasteiger partial charge in [-0.1, -0.05) is 133 Å². The molecule has 6 aromatic carbocycles. The number of para-hydroxylation sites is 2. The maximum atomic E-state index is 17.2. The molecule has 1 saturated heterocycles. The minimum Gasteiger partial charge on any atom is -0.465 e. The minimum atomic E-state index is -2.23. The number of nitrogens with zero attached hydrogens (tertiary/aromatic N) is 3. The summed E-state index contributed by atoms with van der Waals surface area (Å²) < 4.78 is 12.4. The van der Waals surface area contributed by atoms with E-state index in [1.165, 1.54) is 0 Å². The van der Waals surface area contributed by atoms with E-state index in [9.17, 15) is 0 Å². The van der Waals surface area contributed by atoms with Crippen LogP contribution in [0.1, 0.15) is 42.1 Å². The molecule has 2 heterocycles. The molecule has 5 unspecified atom stereocenters. The fraction of sp³-hybridized carbons (Fsp3) is 0.191. The molecule has 2 fully saturated rings. The molecule has 1 N–H and O–H groups in total. The summed E-state index contributed by atoms with van der Waals surface area (Å²) in [6, 6.07) is 49.3. The van der Waals surface area contributed by atoms with Crippen LogP contribution in [0.15, 0.2) is 163 Å². The Hall–Kier alpha value is -6.58. The van der Waals surface area contributed by atoms with E-state index in [4.69, 9.17) is 14.6 Å². The molecule has 0 aromatic heterocycles. The molecule has 2 spiro atoms. The van der Waals surface area contributed by atoms with Crippen LogP contribution in [-0.4, -0.2) is 42.2 Å². The summed E-state index contributed by atoms with van der Waals surface area (Å²) in [6.07, 6.45) is 0. The summed E-state index contributed by atoms with van der Waals surface area (Å²) in [4.78, 5) is 49.1. The average Bonchev–Trinajstić information content (AvgIpc) is 3.89. The zero-order chi connectivity index (χ0) is 38.3. The second-order valence-electron chi connectivity index (χ2n) is 14.6. The SMILES string of the molecule is CCOC(=O)C12C(=O)C3(C(=O)OCC)N(c4ccccc4)NC(c4ccccc4)C34c3cccc5cccc(c35)C14N(c1ccccc1)N=C2c1ccccc1. The van der Waals surface area contributed by atoms with Gasteiger partial charge >= 0.3 is 11.9 Å². The van der Waals surface area contributed by atoms with E-state index in [0.29, 0.717) is 22.5 Å². The van der Waals surface area contributed by atoms with Gasteiger partial charge in [-0.3, -0.25) is 19.6 Å². The number of hydrogen-bond donors (Lipinski definition) is 1. The summed E-state index contributed by atoms with van der Waals surface area (Å²) in [5, 5.41) is 10.8. The highest BCUT2D eigenvalue weighted by Gasteiger charge is 2.99. The van der Waals surface area contributed by atoms with Crippen LogP contribution in [0, 0.1) is 5.41 Å². The summed E-state index contributed by atoms with van der Waals surface area (Å²) in [6.45, 7) is 3.44. The Morgan fingerprint density at radius 2 is 1.21 bits per heavy atom. The number of Topliss-reactive ketones (excluding diaryl/α,β-unsaturated/α-hetero) is 1. The number of nitrogens with one attached hydrogen (secondary N) is 1. The molecule has 2 aliphatic carbocycles. The Morgan fingerprint density at radius 1 is 0.661 bits per heavy atom. The average molecular weight is 739 g/mol. The van der Waals surface area contributed by atoms with E-state index in [1.807, 2.05) is 163 Å². The van der Waals surface area contributed by atoms with Crippen molar-refractivity contribution in [3.8, 4) is 0 Å². The van der Waals surface area contributed by atoms with Gasteiger partial charge in [-0.25, -0.2) is 10.2 Å². The third-order valence-corrected chi connectivity index (χ3v) is 12.3. The van der Waals surface area contributed by atoms with Crippen molar-refractivity contribution in [2.45, 2.75) is 36.4 Å². The van der Waals surface area contributed by atoms with Crippen LogP contribution < -0.4 is 15.4 Å². The van der Waals surface area contributed by atoms with Gasteiger partial charge in [0.1, 0.15) is 5.54 Å². The van der Waals surface area contributed by atoms with Crippen LogP contribution in [0.2, 0.25) is 0 Å². The first kappa shape index (κ1) is 33.9. The van der Waals surface area contributed by atoms with Gasteiger partial charge in [-0.15, -0.1) is 0 Å². The highest BCUT2D eigenvalue weighted by Crippen LogP contribution is 2.81. The van der Waals surface area contributed by atoms with Crippen LogP contribution in [0.5, 0.6) is 0 Å². The number of anilines is 2. The van der Waals surface area contributed by atoms with Crippen molar-refractivity contribution in [2.75, 3.05) is 23.2 Å². The van der Waals surface area contributed by atoms with E-state index in [1.54, 1.807) is 18.9 Å². The maximum absolute atomic E-state index is 17.2.